The Balaban J connectivity index is 3.14. The second-order valence-electron chi connectivity index (χ2n) is 6.02. The predicted octanol–water partition coefficient (Wildman–Crippen LogP) is 4.29. The van der Waals surface area contributed by atoms with Crippen LogP contribution in [0.2, 0.25) is 18.1 Å². The maximum Gasteiger partial charge on any atom is 0.275 e. The minimum atomic E-state index is -1.96. The number of hydrogen-bond acceptors (Lipinski definition) is 3. The molecule has 5 heteroatoms. The van der Waals surface area contributed by atoms with Crippen LogP contribution in [-0.2, 0) is 0 Å². The molecule has 1 aromatic rings. The number of nitrogens with zero attached hydrogens (tertiary/aromatic N) is 1. The molecule has 0 N–H and O–H groups in total. The van der Waals surface area contributed by atoms with E-state index in [9.17, 15) is 10.1 Å². The van der Waals surface area contributed by atoms with E-state index < -0.39 is 8.32 Å². The highest BCUT2D eigenvalue weighted by atomic mass is 28.4. The topological polar surface area (TPSA) is 52.4 Å². The van der Waals surface area contributed by atoms with Gasteiger partial charge in [0.15, 0.2) is 0 Å². The van der Waals surface area contributed by atoms with Crippen LogP contribution in [0.3, 0.4) is 0 Å². The van der Waals surface area contributed by atoms with E-state index in [0.717, 1.165) is 0 Å². The van der Waals surface area contributed by atoms with Gasteiger partial charge in [-0.25, -0.2) is 0 Å². The third kappa shape index (κ3) is 2.90. The van der Waals surface area contributed by atoms with Crippen LogP contribution in [0.5, 0.6) is 5.75 Å². The van der Waals surface area contributed by atoms with Crippen LogP contribution in [0, 0.1) is 17.0 Å². The van der Waals surface area contributed by atoms with Crippen molar-refractivity contribution in [2.45, 2.75) is 45.8 Å². The van der Waals surface area contributed by atoms with Gasteiger partial charge in [0.05, 0.1) is 10.5 Å². The van der Waals surface area contributed by atoms with Gasteiger partial charge in [-0.15, -0.1) is 0 Å². The monoisotopic (exact) mass is 267 g/mol. The van der Waals surface area contributed by atoms with Crippen LogP contribution >= 0.6 is 0 Å². The lowest BCUT2D eigenvalue weighted by Crippen LogP contribution is -2.44. The minimum absolute atomic E-state index is 0.0735. The van der Waals surface area contributed by atoms with Crippen molar-refractivity contribution in [1.29, 1.82) is 0 Å². The molecule has 0 unspecified atom stereocenters. The van der Waals surface area contributed by atoms with Gasteiger partial charge in [-0.1, -0.05) is 26.8 Å². The van der Waals surface area contributed by atoms with Crippen LogP contribution in [0.4, 0.5) is 5.69 Å². The van der Waals surface area contributed by atoms with Crippen molar-refractivity contribution in [3.05, 3.63) is 33.9 Å². The number of benzene rings is 1. The summed E-state index contributed by atoms with van der Waals surface area (Å²) in [7, 11) is -1.96. The lowest BCUT2D eigenvalue weighted by molar-refractivity contribution is -0.385. The molecule has 4 nitrogen and oxygen atoms in total. The standard InChI is InChI=1S/C13H21NO3Si/c1-10-11(14(15)16)8-7-9-12(10)17-18(5,6)13(2,3)4/h7-9H,1-6H3. The second-order valence-corrected chi connectivity index (χ2v) is 10.7. The SMILES string of the molecule is Cc1c(O[Si](C)(C)C(C)(C)C)cccc1[N+](=O)[O-]. The summed E-state index contributed by atoms with van der Waals surface area (Å²) in [6.45, 7) is 12.4. The van der Waals surface area contributed by atoms with E-state index in [4.69, 9.17) is 4.43 Å². The fourth-order valence-corrected chi connectivity index (χ4v) is 2.42. The van der Waals surface area contributed by atoms with Gasteiger partial charge in [-0.2, -0.15) is 0 Å². The lowest BCUT2D eigenvalue weighted by atomic mass is 10.2. The zero-order valence-corrected chi connectivity index (χ0v) is 12.9. The van der Waals surface area contributed by atoms with Gasteiger partial charge in [-0.05, 0) is 31.1 Å². The summed E-state index contributed by atoms with van der Waals surface area (Å²) < 4.78 is 6.12. The Morgan fingerprint density at radius 3 is 2.28 bits per heavy atom. The Bertz CT molecular complexity index is 464. The van der Waals surface area contributed by atoms with Crippen molar-refractivity contribution in [3.8, 4) is 5.75 Å². The zero-order chi connectivity index (χ0) is 14.1. The molecule has 1 aromatic carbocycles. The molecule has 0 heterocycles. The largest absolute Gasteiger partial charge is 0.543 e. The normalized spacial score (nSPS) is 12.3. The molecular formula is C13H21NO3Si. The average molecular weight is 267 g/mol. The molecular weight excluding hydrogens is 246 g/mol. The molecule has 0 bridgehead atoms. The number of rotatable bonds is 3. The Hall–Kier alpha value is -1.36. The number of nitro benzene ring substituents is 1. The van der Waals surface area contributed by atoms with Gasteiger partial charge in [0.1, 0.15) is 5.75 Å². The highest BCUT2D eigenvalue weighted by molar-refractivity contribution is 6.74. The third-order valence-electron chi connectivity index (χ3n) is 3.62. The molecule has 0 spiro atoms. The molecule has 0 saturated carbocycles. The predicted molar refractivity (Wildman–Crippen MR) is 75.7 cm³/mol. The van der Waals surface area contributed by atoms with E-state index in [2.05, 4.69) is 33.9 Å². The van der Waals surface area contributed by atoms with Crippen molar-refractivity contribution < 1.29 is 9.35 Å². The molecule has 0 atom stereocenters. The van der Waals surface area contributed by atoms with Crippen molar-refractivity contribution >= 4 is 14.0 Å². The van der Waals surface area contributed by atoms with Crippen molar-refractivity contribution in [2.24, 2.45) is 0 Å². The zero-order valence-electron chi connectivity index (χ0n) is 11.9. The van der Waals surface area contributed by atoms with Crippen molar-refractivity contribution in [3.63, 3.8) is 0 Å². The van der Waals surface area contributed by atoms with E-state index in [1.807, 2.05) is 6.07 Å². The third-order valence-corrected chi connectivity index (χ3v) is 7.97. The smallest absolute Gasteiger partial charge is 0.275 e. The first-order valence-electron chi connectivity index (χ1n) is 5.99. The van der Waals surface area contributed by atoms with Crippen LogP contribution in [0.25, 0.3) is 0 Å². The Kier molecular flexibility index (Phi) is 3.86. The Morgan fingerprint density at radius 1 is 1.28 bits per heavy atom. The quantitative estimate of drug-likeness (QED) is 0.466. The molecule has 0 radical (unpaired) electrons. The minimum Gasteiger partial charge on any atom is -0.543 e. The molecule has 0 aliphatic heterocycles. The fraction of sp³-hybridized carbons (Fsp3) is 0.538. The van der Waals surface area contributed by atoms with Crippen LogP contribution in [0.15, 0.2) is 18.2 Å². The van der Waals surface area contributed by atoms with Crippen LogP contribution < -0.4 is 4.43 Å². The van der Waals surface area contributed by atoms with Crippen LogP contribution in [-0.4, -0.2) is 13.2 Å². The number of hydrogen-bond donors (Lipinski definition) is 0. The summed E-state index contributed by atoms with van der Waals surface area (Å²) in [5.74, 6) is 0.635. The fourth-order valence-electron chi connectivity index (χ4n) is 1.34. The highest BCUT2D eigenvalue weighted by Crippen LogP contribution is 2.39. The first-order valence-corrected chi connectivity index (χ1v) is 8.90. The highest BCUT2D eigenvalue weighted by Gasteiger charge is 2.39. The van der Waals surface area contributed by atoms with Gasteiger partial charge in [0.25, 0.3) is 5.69 Å². The lowest BCUT2D eigenvalue weighted by Gasteiger charge is -2.36. The van der Waals surface area contributed by atoms with Gasteiger partial charge in [-0.3, -0.25) is 10.1 Å². The molecule has 0 fully saturated rings. The second kappa shape index (κ2) is 4.72. The van der Waals surface area contributed by atoms with E-state index in [-0.39, 0.29) is 15.6 Å². The van der Waals surface area contributed by atoms with Gasteiger partial charge in [0.2, 0.25) is 8.32 Å². The van der Waals surface area contributed by atoms with Crippen molar-refractivity contribution in [1.82, 2.24) is 0 Å². The molecule has 100 valence electrons. The maximum atomic E-state index is 10.9. The molecule has 0 amide bonds. The molecule has 18 heavy (non-hydrogen) atoms. The van der Waals surface area contributed by atoms with E-state index in [0.29, 0.717) is 11.3 Å². The van der Waals surface area contributed by atoms with Crippen molar-refractivity contribution in [2.75, 3.05) is 0 Å². The summed E-state index contributed by atoms with van der Waals surface area (Å²) in [6.07, 6.45) is 0. The molecule has 0 aromatic heterocycles. The van der Waals surface area contributed by atoms with Gasteiger partial charge < -0.3 is 4.43 Å². The Labute approximate surface area is 109 Å². The summed E-state index contributed by atoms with van der Waals surface area (Å²) in [5.41, 5.74) is 0.721. The first kappa shape index (κ1) is 14.7. The van der Waals surface area contributed by atoms with E-state index in [1.165, 1.54) is 6.07 Å². The first-order chi connectivity index (χ1) is 8.06. The average Bonchev–Trinajstić information content (AvgIpc) is 2.18. The van der Waals surface area contributed by atoms with E-state index in [1.54, 1.807) is 13.0 Å². The molecule has 1 rings (SSSR count). The molecule has 0 aliphatic rings. The summed E-state index contributed by atoms with van der Waals surface area (Å²) >= 11 is 0. The summed E-state index contributed by atoms with van der Waals surface area (Å²) in [5, 5.41) is 11.0. The molecule has 0 saturated heterocycles. The maximum absolute atomic E-state index is 10.9. The molecule has 0 aliphatic carbocycles. The summed E-state index contributed by atoms with van der Waals surface area (Å²) in [6, 6.07) is 4.99. The Morgan fingerprint density at radius 2 is 1.83 bits per heavy atom. The van der Waals surface area contributed by atoms with Gasteiger partial charge in [0, 0.05) is 6.07 Å². The summed E-state index contributed by atoms with van der Waals surface area (Å²) in [4.78, 5) is 10.5. The van der Waals surface area contributed by atoms with Crippen LogP contribution in [0.1, 0.15) is 26.3 Å². The van der Waals surface area contributed by atoms with E-state index >= 15 is 0 Å². The van der Waals surface area contributed by atoms with Gasteiger partial charge >= 0.3 is 0 Å². The number of nitro groups is 1.